The zero-order valence-electron chi connectivity index (χ0n) is 10.0. The Hall–Kier alpha value is -0.130. The Morgan fingerprint density at radius 2 is 2.06 bits per heavy atom. The number of rotatable bonds is 2. The highest BCUT2D eigenvalue weighted by molar-refractivity contribution is 14.1. The highest BCUT2D eigenvalue weighted by Crippen LogP contribution is 2.27. The molecule has 3 rings (SSSR count). The molecule has 17 heavy (non-hydrogen) atoms. The van der Waals surface area contributed by atoms with Gasteiger partial charge >= 0.3 is 0 Å². The summed E-state index contributed by atoms with van der Waals surface area (Å²) < 4.78 is 1.32. The van der Waals surface area contributed by atoms with Gasteiger partial charge in [-0.3, -0.25) is 4.90 Å². The maximum absolute atomic E-state index is 3.55. The Kier molecular flexibility index (Phi) is 3.68. The number of hydrogen-bond acceptors (Lipinski definition) is 2. The predicted octanol–water partition coefficient (Wildman–Crippen LogP) is 2.48. The molecule has 0 aliphatic carbocycles. The number of piperidine rings is 1. The highest BCUT2D eigenvalue weighted by Gasteiger charge is 2.34. The number of likely N-dealkylation sites (tertiary alicyclic amines) is 1. The molecule has 2 atom stereocenters. The topological polar surface area (TPSA) is 15.3 Å². The smallest absolute Gasteiger partial charge is 0.0264 e. The van der Waals surface area contributed by atoms with Crippen molar-refractivity contribution in [1.82, 2.24) is 10.2 Å². The number of nitrogens with one attached hydrogen (secondary N) is 1. The molecule has 0 amide bonds. The fourth-order valence-corrected chi connectivity index (χ4v) is 3.54. The normalized spacial score (nSPS) is 29.2. The Balaban J connectivity index is 1.69. The lowest BCUT2D eigenvalue weighted by molar-refractivity contribution is 0.117. The summed E-state index contributed by atoms with van der Waals surface area (Å²) in [6.45, 7) is 4.82. The number of benzene rings is 1. The maximum Gasteiger partial charge on any atom is 0.0264 e. The van der Waals surface area contributed by atoms with E-state index < -0.39 is 0 Å². The Morgan fingerprint density at radius 3 is 2.88 bits per heavy atom. The molecule has 0 radical (unpaired) electrons. The van der Waals surface area contributed by atoms with E-state index in [0.29, 0.717) is 0 Å². The summed E-state index contributed by atoms with van der Waals surface area (Å²) in [5.41, 5.74) is 1.46. The standard InChI is InChI=1S/C14H19IN2/c15-13-5-3-11(4-6-13)10-17-7-1-2-12-8-16-9-14(12)17/h3-6,12,14,16H,1-2,7-10H2. The molecule has 2 aliphatic heterocycles. The fourth-order valence-electron chi connectivity index (χ4n) is 3.18. The molecule has 2 unspecified atom stereocenters. The lowest BCUT2D eigenvalue weighted by Crippen LogP contribution is -2.44. The van der Waals surface area contributed by atoms with Gasteiger partial charge in [-0.15, -0.1) is 0 Å². The summed E-state index contributed by atoms with van der Waals surface area (Å²) in [5, 5.41) is 3.55. The molecule has 2 saturated heterocycles. The minimum absolute atomic E-state index is 0.781. The van der Waals surface area contributed by atoms with Gasteiger partial charge in [-0.25, -0.2) is 0 Å². The molecule has 3 heteroatoms. The zero-order chi connectivity index (χ0) is 11.7. The lowest BCUT2D eigenvalue weighted by Gasteiger charge is -2.37. The van der Waals surface area contributed by atoms with Gasteiger partial charge in [0.1, 0.15) is 0 Å². The quantitative estimate of drug-likeness (QED) is 0.831. The summed E-state index contributed by atoms with van der Waals surface area (Å²) in [4.78, 5) is 2.68. The van der Waals surface area contributed by atoms with Gasteiger partial charge in [-0.05, 0) is 72.1 Å². The van der Waals surface area contributed by atoms with Crippen LogP contribution >= 0.6 is 22.6 Å². The molecular weight excluding hydrogens is 323 g/mol. The molecule has 1 aromatic carbocycles. The van der Waals surface area contributed by atoms with E-state index >= 15 is 0 Å². The van der Waals surface area contributed by atoms with Gasteiger partial charge in [0.05, 0.1) is 0 Å². The van der Waals surface area contributed by atoms with E-state index in [1.54, 1.807) is 0 Å². The second-order valence-electron chi connectivity index (χ2n) is 5.22. The van der Waals surface area contributed by atoms with Crippen molar-refractivity contribution in [3.05, 3.63) is 33.4 Å². The van der Waals surface area contributed by atoms with E-state index in [1.807, 2.05) is 0 Å². The van der Waals surface area contributed by atoms with E-state index in [9.17, 15) is 0 Å². The first-order valence-electron chi connectivity index (χ1n) is 6.52. The van der Waals surface area contributed by atoms with E-state index in [-0.39, 0.29) is 0 Å². The SMILES string of the molecule is Ic1ccc(CN2CCCC3CNCC32)cc1. The van der Waals surface area contributed by atoms with Crippen LogP contribution in [-0.4, -0.2) is 30.6 Å². The van der Waals surface area contributed by atoms with Crippen molar-refractivity contribution in [2.75, 3.05) is 19.6 Å². The molecule has 0 saturated carbocycles. The van der Waals surface area contributed by atoms with Crippen molar-refractivity contribution in [3.8, 4) is 0 Å². The zero-order valence-corrected chi connectivity index (χ0v) is 12.2. The van der Waals surface area contributed by atoms with Crippen molar-refractivity contribution in [3.63, 3.8) is 0 Å². The molecule has 2 nitrogen and oxygen atoms in total. The molecule has 1 aromatic rings. The third kappa shape index (κ3) is 2.66. The van der Waals surface area contributed by atoms with Crippen molar-refractivity contribution in [2.45, 2.75) is 25.4 Å². The van der Waals surface area contributed by atoms with Crippen LogP contribution in [0.1, 0.15) is 18.4 Å². The van der Waals surface area contributed by atoms with Crippen LogP contribution in [-0.2, 0) is 6.54 Å². The van der Waals surface area contributed by atoms with E-state index in [0.717, 1.165) is 18.5 Å². The van der Waals surface area contributed by atoms with Crippen LogP contribution in [0.3, 0.4) is 0 Å². The second kappa shape index (κ2) is 5.24. The number of fused-ring (bicyclic) bond motifs is 1. The Morgan fingerprint density at radius 1 is 1.24 bits per heavy atom. The molecule has 0 bridgehead atoms. The molecule has 0 aromatic heterocycles. The molecule has 2 heterocycles. The summed E-state index contributed by atoms with van der Waals surface area (Å²) in [5.74, 6) is 0.896. The summed E-state index contributed by atoms with van der Waals surface area (Å²) in [7, 11) is 0. The third-order valence-corrected chi connectivity index (χ3v) is 4.81. The Bertz CT molecular complexity index is 376. The molecule has 2 fully saturated rings. The van der Waals surface area contributed by atoms with Gasteiger partial charge in [-0.2, -0.15) is 0 Å². The van der Waals surface area contributed by atoms with Crippen LogP contribution in [0, 0.1) is 9.49 Å². The van der Waals surface area contributed by atoms with Gasteiger partial charge < -0.3 is 5.32 Å². The maximum atomic E-state index is 3.55. The van der Waals surface area contributed by atoms with Crippen LogP contribution in [0.25, 0.3) is 0 Å². The summed E-state index contributed by atoms with van der Waals surface area (Å²) in [6, 6.07) is 9.75. The van der Waals surface area contributed by atoms with Gasteiger partial charge in [0.15, 0.2) is 0 Å². The molecule has 92 valence electrons. The van der Waals surface area contributed by atoms with Crippen LogP contribution in [0.5, 0.6) is 0 Å². The minimum Gasteiger partial charge on any atom is -0.315 e. The summed E-state index contributed by atoms with van der Waals surface area (Å²) in [6.07, 6.45) is 2.79. The largest absolute Gasteiger partial charge is 0.315 e. The number of halogens is 1. The van der Waals surface area contributed by atoms with Crippen LogP contribution in [0.15, 0.2) is 24.3 Å². The molecule has 0 spiro atoms. The van der Waals surface area contributed by atoms with Crippen molar-refractivity contribution in [2.24, 2.45) is 5.92 Å². The predicted molar refractivity (Wildman–Crippen MR) is 79.0 cm³/mol. The number of nitrogens with zero attached hydrogens (tertiary/aromatic N) is 1. The highest BCUT2D eigenvalue weighted by atomic mass is 127. The van der Waals surface area contributed by atoms with Crippen LogP contribution in [0.4, 0.5) is 0 Å². The Labute approximate surface area is 117 Å². The van der Waals surface area contributed by atoms with Gasteiger partial charge in [0.2, 0.25) is 0 Å². The van der Waals surface area contributed by atoms with E-state index in [4.69, 9.17) is 0 Å². The first kappa shape index (κ1) is 11.9. The first-order valence-corrected chi connectivity index (χ1v) is 7.60. The fraction of sp³-hybridized carbons (Fsp3) is 0.571. The first-order chi connectivity index (χ1) is 8.33. The monoisotopic (exact) mass is 342 g/mol. The van der Waals surface area contributed by atoms with Crippen molar-refractivity contribution in [1.29, 1.82) is 0 Å². The van der Waals surface area contributed by atoms with Crippen molar-refractivity contribution < 1.29 is 0 Å². The third-order valence-electron chi connectivity index (χ3n) is 4.09. The van der Waals surface area contributed by atoms with Crippen LogP contribution < -0.4 is 5.32 Å². The van der Waals surface area contributed by atoms with Crippen molar-refractivity contribution >= 4 is 22.6 Å². The molecular formula is C14H19IN2. The van der Waals surface area contributed by atoms with Gasteiger partial charge in [0.25, 0.3) is 0 Å². The van der Waals surface area contributed by atoms with Gasteiger partial charge in [-0.1, -0.05) is 12.1 Å². The minimum atomic E-state index is 0.781. The van der Waals surface area contributed by atoms with Crippen LogP contribution in [0.2, 0.25) is 0 Å². The van der Waals surface area contributed by atoms with E-state index in [1.165, 1.54) is 41.6 Å². The number of hydrogen-bond donors (Lipinski definition) is 1. The molecule has 1 N–H and O–H groups in total. The average Bonchev–Trinajstić information content (AvgIpc) is 2.81. The average molecular weight is 342 g/mol. The summed E-state index contributed by atoms with van der Waals surface area (Å²) >= 11 is 2.37. The lowest BCUT2D eigenvalue weighted by atomic mass is 9.92. The molecule has 2 aliphatic rings. The second-order valence-corrected chi connectivity index (χ2v) is 6.47. The van der Waals surface area contributed by atoms with E-state index in [2.05, 4.69) is 57.1 Å². The van der Waals surface area contributed by atoms with Gasteiger partial charge in [0, 0.05) is 22.7 Å².